The number of carbonyl (C=O) groups is 1. The van der Waals surface area contributed by atoms with Crippen LogP contribution in [-0.2, 0) is 14.8 Å². The number of hydrogen-bond acceptors (Lipinski definition) is 4. The van der Waals surface area contributed by atoms with E-state index in [1.807, 2.05) is 6.92 Å². The predicted molar refractivity (Wildman–Crippen MR) is 89.8 cm³/mol. The van der Waals surface area contributed by atoms with Crippen molar-refractivity contribution in [2.75, 3.05) is 27.2 Å². The third-order valence-corrected chi connectivity index (χ3v) is 6.02. The van der Waals surface area contributed by atoms with Gasteiger partial charge in [0.15, 0.2) is 0 Å². The van der Waals surface area contributed by atoms with E-state index < -0.39 is 10.0 Å². The van der Waals surface area contributed by atoms with Crippen molar-refractivity contribution in [3.63, 3.8) is 0 Å². The highest BCUT2D eigenvalue weighted by atomic mass is 32.2. The van der Waals surface area contributed by atoms with Crippen LogP contribution in [0.25, 0.3) is 0 Å². The molecule has 128 valence electrons. The normalized spacial score (nSPS) is 20.3. The number of carbonyl (C=O) groups excluding carboxylic acids is 1. The second-order valence-electron chi connectivity index (χ2n) is 6.13. The van der Waals surface area contributed by atoms with Gasteiger partial charge in [-0.2, -0.15) is 0 Å². The zero-order chi connectivity index (χ0) is 17.0. The van der Waals surface area contributed by atoms with Crippen LogP contribution in [0.4, 0.5) is 0 Å². The summed E-state index contributed by atoms with van der Waals surface area (Å²) in [6.07, 6.45) is 2.06. The number of nitrogens with one attached hydrogen (secondary N) is 2. The zero-order valence-electron chi connectivity index (χ0n) is 13.9. The summed E-state index contributed by atoms with van der Waals surface area (Å²) < 4.78 is 25.3. The molecule has 2 rings (SSSR count). The third kappa shape index (κ3) is 4.31. The highest BCUT2D eigenvalue weighted by molar-refractivity contribution is 7.89. The van der Waals surface area contributed by atoms with E-state index in [1.165, 1.54) is 18.4 Å². The lowest BCUT2D eigenvalue weighted by molar-refractivity contribution is -0.123. The van der Waals surface area contributed by atoms with Crippen LogP contribution in [0, 0.1) is 0 Å². The molecule has 1 aliphatic rings. The number of piperidine rings is 1. The smallest absolute Gasteiger partial charge is 0.242 e. The summed E-state index contributed by atoms with van der Waals surface area (Å²) in [6.45, 7) is 3.64. The highest BCUT2D eigenvalue weighted by Gasteiger charge is 2.22. The van der Waals surface area contributed by atoms with Crippen molar-refractivity contribution in [1.82, 2.24) is 14.9 Å². The first-order chi connectivity index (χ1) is 10.8. The Morgan fingerprint density at radius 2 is 1.96 bits per heavy atom. The van der Waals surface area contributed by atoms with Crippen molar-refractivity contribution < 1.29 is 13.2 Å². The first-order valence-corrected chi connectivity index (χ1v) is 9.30. The summed E-state index contributed by atoms with van der Waals surface area (Å²) in [4.78, 5) is 12.6. The average molecular weight is 339 g/mol. The maximum Gasteiger partial charge on any atom is 0.242 e. The molecule has 2 atom stereocenters. The van der Waals surface area contributed by atoms with E-state index in [9.17, 15) is 13.2 Å². The fraction of sp³-hybridized carbons (Fsp3) is 0.562. The predicted octanol–water partition coefficient (Wildman–Crippen LogP) is 0.909. The van der Waals surface area contributed by atoms with Crippen LogP contribution >= 0.6 is 0 Å². The molecule has 1 unspecified atom stereocenters. The van der Waals surface area contributed by atoms with Crippen LogP contribution in [-0.4, -0.2) is 51.9 Å². The fourth-order valence-electron chi connectivity index (χ4n) is 2.59. The van der Waals surface area contributed by atoms with E-state index in [0.717, 1.165) is 31.5 Å². The molecule has 1 heterocycles. The molecule has 0 spiro atoms. The van der Waals surface area contributed by atoms with E-state index in [0.29, 0.717) is 0 Å². The van der Waals surface area contributed by atoms with Gasteiger partial charge in [0, 0.05) is 26.7 Å². The molecule has 1 amide bonds. The van der Waals surface area contributed by atoms with Gasteiger partial charge in [-0.25, -0.2) is 12.7 Å². The largest absolute Gasteiger partial charge is 0.352 e. The van der Waals surface area contributed by atoms with Crippen molar-refractivity contribution in [3.8, 4) is 0 Å². The number of amides is 1. The zero-order valence-corrected chi connectivity index (χ0v) is 14.7. The Bertz CT molecular complexity index is 635. The Labute approximate surface area is 138 Å². The van der Waals surface area contributed by atoms with Crippen LogP contribution in [0.3, 0.4) is 0 Å². The molecule has 1 saturated heterocycles. The van der Waals surface area contributed by atoms with Gasteiger partial charge in [-0.15, -0.1) is 0 Å². The second kappa shape index (κ2) is 7.42. The van der Waals surface area contributed by atoms with Crippen molar-refractivity contribution in [3.05, 3.63) is 29.8 Å². The lowest BCUT2D eigenvalue weighted by Gasteiger charge is -2.25. The second-order valence-corrected chi connectivity index (χ2v) is 8.28. The first-order valence-electron chi connectivity index (χ1n) is 7.86. The number of nitrogens with zero attached hydrogens (tertiary/aromatic N) is 1. The number of benzene rings is 1. The van der Waals surface area contributed by atoms with Gasteiger partial charge in [-0.05, 0) is 44.0 Å². The molecule has 7 heteroatoms. The highest BCUT2D eigenvalue weighted by Crippen LogP contribution is 2.20. The van der Waals surface area contributed by atoms with Gasteiger partial charge < -0.3 is 10.6 Å². The minimum atomic E-state index is -3.44. The topological polar surface area (TPSA) is 78.5 Å². The van der Waals surface area contributed by atoms with Gasteiger partial charge in [-0.1, -0.05) is 12.1 Å². The van der Waals surface area contributed by atoms with Gasteiger partial charge in [0.2, 0.25) is 15.9 Å². The number of hydrogen-bond donors (Lipinski definition) is 2. The molecule has 6 nitrogen and oxygen atoms in total. The van der Waals surface area contributed by atoms with Gasteiger partial charge in [-0.3, -0.25) is 4.79 Å². The van der Waals surface area contributed by atoms with Crippen LogP contribution in [0.1, 0.15) is 31.2 Å². The summed E-state index contributed by atoms with van der Waals surface area (Å²) in [7, 11) is -0.443. The Hall–Kier alpha value is -1.44. The monoisotopic (exact) mass is 339 g/mol. The standard InChI is InChI=1S/C16H25N3O3S/c1-12(16(20)18-14-5-4-10-17-11-14)13-6-8-15(9-7-13)23(21,22)19(2)3/h6-9,12,14,17H,4-5,10-11H2,1-3H3,(H,18,20)/t12?,14-/m0/s1. The Kier molecular flexibility index (Phi) is 5.78. The Morgan fingerprint density at radius 1 is 1.30 bits per heavy atom. The van der Waals surface area contributed by atoms with Crippen LogP contribution in [0.5, 0.6) is 0 Å². The molecule has 0 bridgehead atoms. The van der Waals surface area contributed by atoms with Gasteiger partial charge in [0.05, 0.1) is 10.8 Å². The fourth-order valence-corrected chi connectivity index (χ4v) is 3.49. The summed E-state index contributed by atoms with van der Waals surface area (Å²) in [5.74, 6) is -0.338. The van der Waals surface area contributed by atoms with E-state index in [-0.39, 0.29) is 22.8 Å². The number of sulfonamides is 1. The van der Waals surface area contributed by atoms with Crippen LogP contribution in [0.15, 0.2) is 29.2 Å². The van der Waals surface area contributed by atoms with Gasteiger partial charge in [0.1, 0.15) is 0 Å². The molecule has 0 saturated carbocycles. The van der Waals surface area contributed by atoms with Crippen molar-refractivity contribution in [1.29, 1.82) is 0 Å². The third-order valence-electron chi connectivity index (χ3n) is 4.20. The molecule has 1 fully saturated rings. The molecule has 1 aromatic rings. The molecule has 0 aliphatic carbocycles. The van der Waals surface area contributed by atoms with Crippen molar-refractivity contribution >= 4 is 15.9 Å². The minimum Gasteiger partial charge on any atom is -0.352 e. The van der Waals surface area contributed by atoms with E-state index in [4.69, 9.17) is 0 Å². The summed E-state index contributed by atoms with van der Waals surface area (Å²) in [5.41, 5.74) is 0.809. The minimum absolute atomic E-state index is 0.0260. The summed E-state index contributed by atoms with van der Waals surface area (Å²) >= 11 is 0. The van der Waals surface area contributed by atoms with Crippen molar-refractivity contribution in [2.45, 2.75) is 36.6 Å². The van der Waals surface area contributed by atoms with E-state index >= 15 is 0 Å². The van der Waals surface area contributed by atoms with Crippen LogP contribution < -0.4 is 10.6 Å². The maximum atomic E-state index is 12.3. The summed E-state index contributed by atoms with van der Waals surface area (Å²) in [6, 6.07) is 6.69. The Balaban J connectivity index is 2.04. The number of rotatable bonds is 5. The quantitative estimate of drug-likeness (QED) is 0.836. The molecular weight excluding hydrogens is 314 g/mol. The molecule has 2 N–H and O–H groups in total. The van der Waals surface area contributed by atoms with Gasteiger partial charge in [0.25, 0.3) is 0 Å². The summed E-state index contributed by atoms with van der Waals surface area (Å²) in [5, 5.41) is 6.32. The molecule has 1 aliphatic heterocycles. The van der Waals surface area contributed by atoms with Crippen molar-refractivity contribution in [2.24, 2.45) is 0 Å². The maximum absolute atomic E-state index is 12.3. The van der Waals surface area contributed by atoms with E-state index in [1.54, 1.807) is 24.3 Å². The van der Waals surface area contributed by atoms with Crippen LogP contribution in [0.2, 0.25) is 0 Å². The molecule has 23 heavy (non-hydrogen) atoms. The molecule has 0 radical (unpaired) electrons. The average Bonchev–Trinajstić information content (AvgIpc) is 2.55. The van der Waals surface area contributed by atoms with E-state index in [2.05, 4.69) is 10.6 Å². The molecule has 0 aromatic heterocycles. The van der Waals surface area contributed by atoms with Gasteiger partial charge >= 0.3 is 0 Å². The Morgan fingerprint density at radius 3 is 2.48 bits per heavy atom. The molecular formula is C16H25N3O3S. The SMILES string of the molecule is CC(C(=O)N[C@H]1CCCNC1)c1ccc(S(=O)(=O)N(C)C)cc1. The lowest BCUT2D eigenvalue weighted by atomic mass is 9.99. The lowest BCUT2D eigenvalue weighted by Crippen LogP contribution is -2.46. The molecule has 1 aromatic carbocycles. The first kappa shape index (κ1) is 17.9.